The van der Waals surface area contributed by atoms with Gasteiger partial charge < -0.3 is 20.3 Å². The van der Waals surface area contributed by atoms with Gasteiger partial charge in [-0.25, -0.2) is 0 Å². The van der Waals surface area contributed by atoms with E-state index in [4.69, 9.17) is 4.74 Å². The number of esters is 1. The lowest BCUT2D eigenvalue weighted by molar-refractivity contribution is -0.143. The predicted molar refractivity (Wildman–Crippen MR) is 352 cm³/mol. The van der Waals surface area contributed by atoms with Crippen LogP contribution in [-0.2, 0) is 14.3 Å². The van der Waals surface area contributed by atoms with Crippen LogP contribution in [0, 0.1) is 0 Å². The lowest BCUT2D eigenvalue weighted by atomic mass is 10.0. The van der Waals surface area contributed by atoms with Crippen molar-refractivity contribution in [3.05, 3.63) is 12.2 Å². The molecule has 6 nitrogen and oxygen atoms in total. The second-order valence-corrected chi connectivity index (χ2v) is 25.6. The quantitative estimate of drug-likeness (QED) is 0.0320. The van der Waals surface area contributed by atoms with E-state index in [2.05, 4.69) is 19.2 Å². The summed E-state index contributed by atoms with van der Waals surface area (Å²) in [6.07, 6.45) is 87.3. The zero-order valence-electron chi connectivity index (χ0n) is 54.6. The molecule has 0 rings (SSSR count). The van der Waals surface area contributed by atoms with Gasteiger partial charge in [0.15, 0.2) is 0 Å². The first-order valence-electron chi connectivity index (χ1n) is 37.0. The maximum Gasteiger partial charge on any atom is 0.305 e. The van der Waals surface area contributed by atoms with E-state index < -0.39 is 12.1 Å². The first kappa shape index (κ1) is 78.6. The van der Waals surface area contributed by atoms with Gasteiger partial charge in [0, 0.05) is 12.8 Å². The van der Waals surface area contributed by atoms with E-state index in [9.17, 15) is 19.8 Å². The molecule has 476 valence electrons. The summed E-state index contributed by atoms with van der Waals surface area (Å²) in [5.41, 5.74) is 0. The van der Waals surface area contributed by atoms with Gasteiger partial charge in [0.25, 0.3) is 0 Å². The van der Waals surface area contributed by atoms with Crippen molar-refractivity contribution in [2.45, 2.75) is 437 Å². The lowest BCUT2D eigenvalue weighted by Crippen LogP contribution is -2.45. The number of hydrogen-bond donors (Lipinski definition) is 3. The van der Waals surface area contributed by atoms with E-state index in [-0.39, 0.29) is 18.5 Å². The minimum atomic E-state index is -0.843. The summed E-state index contributed by atoms with van der Waals surface area (Å²) >= 11 is 0. The van der Waals surface area contributed by atoms with Crippen LogP contribution >= 0.6 is 0 Å². The van der Waals surface area contributed by atoms with Gasteiger partial charge >= 0.3 is 5.97 Å². The van der Waals surface area contributed by atoms with Gasteiger partial charge in [-0.15, -0.1) is 0 Å². The largest absolute Gasteiger partial charge is 0.466 e. The monoisotopic (exact) mass is 1130 g/mol. The Balaban J connectivity index is 3.35. The van der Waals surface area contributed by atoms with Gasteiger partial charge in [0.05, 0.1) is 25.4 Å². The van der Waals surface area contributed by atoms with Crippen molar-refractivity contribution in [3.63, 3.8) is 0 Å². The molecule has 0 spiro atoms. The number of hydrogen-bond acceptors (Lipinski definition) is 5. The van der Waals surface area contributed by atoms with Crippen LogP contribution in [0.25, 0.3) is 0 Å². The predicted octanol–water partition coefficient (Wildman–Crippen LogP) is 23.9. The zero-order valence-corrected chi connectivity index (χ0v) is 54.6. The highest BCUT2D eigenvalue weighted by molar-refractivity contribution is 5.76. The average molecular weight is 1130 g/mol. The number of unbranched alkanes of at least 4 members (excludes halogenated alkanes) is 59. The molecule has 0 aliphatic rings. The molecule has 0 aromatic carbocycles. The van der Waals surface area contributed by atoms with Crippen molar-refractivity contribution < 1.29 is 24.5 Å². The summed E-state index contributed by atoms with van der Waals surface area (Å²) in [4.78, 5) is 24.6. The molecule has 0 radical (unpaired) electrons. The number of rotatable bonds is 70. The Hall–Kier alpha value is -1.40. The van der Waals surface area contributed by atoms with Crippen molar-refractivity contribution in [1.29, 1.82) is 0 Å². The molecular formula is C74H145NO5. The van der Waals surface area contributed by atoms with E-state index >= 15 is 0 Å². The maximum absolute atomic E-state index is 12.5. The lowest BCUT2D eigenvalue weighted by Gasteiger charge is -2.20. The SMILES string of the molecule is CCCCCCCCCCCCCCCCCCC/C=C/C(O)C(CO)NC(=O)CCCCCCCCCCCCCCCCCCCCCCCCCCCCOC(=O)CCCCCCCCCCCCCCCCCCCC. The Morgan fingerprint density at radius 3 is 0.850 bits per heavy atom. The molecule has 0 saturated heterocycles. The average Bonchev–Trinajstić information content (AvgIpc) is 3.46. The molecule has 0 aliphatic carbocycles. The summed E-state index contributed by atoms with van der Waals surface area (Å²) in [6, 6.07) is -0.626. The van der Waals surface area contributed by atoms with Crippen LogP contribution in [0.3, 0.4) is 0 Å². The summed E-state index contributed by atoms with van der Waals surface area (Å²) in [5, 5.41) is 23.2. The summed E-state index contributed by atoms with van der Waals surface area (Å²) in [7, 11) is 0. The van der Waals surface area contributed by atoms with Gasteiger partial charge in [0.2, 0.25) is 5.91 Å². The molecule has 0 heterocycles. The smallest absolute Gasteiger partial charge is 0.305 e. The van der Waals surface area contributed by atoms with Crippen LogP contribution in [0.2, 0.25) is 0 Å². The normalized spacial score (nSPS) is 12.5. The number of aliphatic hydroxyl groups excluding tert-OH is 2. The van der Waals surface area contributed by atoms with Crippen molar-refractivity contribution in [2.24, 2.45) is 0 Å². The molecule has 0 bridgehead atoms. The topological polar surface area (TPSA) is 95.9 Å². The molecule has 0 saturated carbocycles. The third kappa shape index (κ3) is 65.7. The second kappa shape index (κ2) is 70.1. The highest BCUT2D eigenvalue weighted by atomic mass is 16.5. The Bertz CT molecular complexity index is 1210. The van der Waals surface area contributed by atoms with Crippen LogP contribution in [-0.4, -0.2) is 47.4 Å². The first-order valence-corrected chi connectivity index (χ1v) is 37.0. The Morgan fingerprint density at radius 2 is 0.575 bits per heavy atom. The van der Waals surface area contributed by atoms with Crippen molar-refractivity contribution >= 4 is 11.9 Å². The molecule has 0 aromatic heterocycles. The number of carbonyl (C=O) groups is 2. The zero-order chi connectivity index (χ0) is 57.8. The van der Waals surface area contributed by atoms with Crippen LogP contribution < -0.4 is 5.32 Å². The van der Waals surface area contributed by atoms with Gasteiger partial charge in [-0.3, -0.25) is 9.59 Å². The Morgan fingerprint density at radius 1 is 0.338 bits per heavy atom. The highest BCUT2D eigenvalue weighted by Gasteiger charge is 2.18. The van der Waals surface area contributed by atoms with E-state index in [1.807, 2.05) is 6.08 Å². The van der Waals surface area contributed by atoms with E-state index in [0.29, 0.717) is 19.4 Å². The van der Waals surface area contributed by atoms with Crippen molar-refractivity contribution in [2.75, 3.05) is 13.2 Å². The van der Waals surface area contributed by atoms with Gasteiger partial charge in [-0.1, -0.05) is 392 Å². The minimum absolute atomic E-state index is 0.0225. The minimum Gasteiger partial charge on any atom is -0.466 e. The standard InChI is InChI=1S/C74H145NO5/c1-3-5-7-9-11-13-15-17-19-21-31-34-38-42-46-50-54-58-62-66-72(77)71(70-76)75-73(78)67-63-59-55-51-47-43-39-35-32-29-27-25-23-24-26-28-30-33-37-41-45-49-53-57-61-65-69-80-74(79)68-64-60-56-52-48-44-40-36-22-20-18-16-14-12-10-8-6-4-2/h62,66,71-72,76-77H,3-61,63-65,67-70H2,1-2H3,(H,75,78)/b66-62+. The molecule has 0 fully saturated rings. The number of ether oxygens (including phenoxy) is 1. The third-order valence-corrected chi connectivity index (χ3v) is 17.6. The third-order valence-electron chi connectivity index (χ3n) is 17.6. The molecule has 2 unspecified atom stereocenters. The number of nitrogens with one attached hydrogen (secondary N) is 1. The summed E-state index contributed by atoms with van der Waals surface area (Å²) < 4.78 is 5.51. The molecule has 0 aliphatic heterocycles. The van der Waals surface area contributed by atoms with Crippen LogP contribution in [0.15, 0.2) is 12.2 Å². The number of carbonyl (C=O) groups excluding carboxylic acids is 2. The Labute approximate surface area is 501 Å². The van der Waals surface area contributed by atoms with E-state index in [0.717, 1.165) is 38.5 Å². The molecular weight excluding hydrogens is 983 g/mol. The van der Waals surface area contributed by atoms with Gasteiger partial charge in [-0.05, 0) is 32.1 Å². The summed E-state index contributed by atoms with van der Waals surface area (Å²) in [6.45, 7) is 4.96. The number of aliphatic hydroxyl groups is 2. The van der Waals surface area contributed by atoms with E-state index in [1.54, 1.807) is 6.08 Å². The number of amides is 1. The fourth-order valence-electron chi connectivity index (χ4n) is 11.9. The molecule has 0 aromatic rings. The van der Waals surface area contributed by atoms with Crippen LogP contribution in [0.1, 0.15) is 425 Å². The van der Waals surface area contributed by atoms with Crippen molar-refractivity contribution in [3.8, 4) is 0 Å². The second-order valence-electron chi connectivity index (χ2n) is 25.6. The molecule has 80 heavy (non-hydrogen) atoms. The van der Waals surface area contributed by atoms with Crippen molar-refractivity contribution in [1.82, 2.24) is 5.32 Å². The van der Waals surface area contributed by atoms with Gasteiger partial charge in [0.1, 0.15) is 0 Å². The summed E-state index contributed by atoms with van der Waals surface area (Å²) in [5.74, 6) is -0.0388. The fraction of sp³-hybridized carbons (Fsp3) is 0.946. The molecule has 1 amide bonds. The van der Waals surface area contributed by atoms with Gasteiger partial charge in [-0.2, -0.15) is 0 Å². The Kier molecular flexibility index (Phi) is 68.9. The van der Waals surface area contributed by atoms with Crippen LogP contribution in [0.4, 0.5) is 0 Å². The number of allylic oxidation sites excluding steroid dienone is 1. The first-order chi connectivity index (χ1) is 39.5. The van der Waals surface area contributed by atoms with Crippen LogP contribution in [0.5, 0.6) is 0 Å². The fourth-order valence-corrected chi connectivity index (χ4v) is 11.9. The molecule has 3 N–H and O–H groups in total. The molecule has 2 atom stereocenters. The van der Waals surface area contributed by atoms with E-state index in [1.165, 1.54) is 360 Å². The highest BCUT2D eigenvalue weighted by Crippen LogP contribution is 2.20. The molecule has 6 heteroatoms. The maximum atomic E-state index is 12.5.